The molecule has 0 unspecified atom stereocenters. The van der Waals surface area contributed by atoms with E-state index in [1.165, 1.54) is 4.90 Å². The van der Waals surface area contributed by atoms with Crippen LogP contribution in [0, 0.1) is 6.92 Å². The molecule has 0 aliphatic carbocycles. The number of anilines is 2. The van der Waals surface area contributed by atoms with E-state index in [9.17, 15) is 9.59 Å². The lowest BCUT2D eigenvalue weighted by Gasteiger charge is -2.22. The number of hydrogen-bond acceptors (Lipinski definition) is 3. The van der Waals surface area contributed by atoms with Gasteiger partial charge in [0.1, 0.15) is 0 Å². The summed E-state index contributed by atoms with van der Waals surface area (Å²) in [7, 11) is 3.89. The van der Waals surface area contributed by atoms with E-state index in [1.54, 1.807) is 0 Å². The van der Waals surface area contributed by atoms with Gasteiger partial charge in [0.25, 0.3) is 0 Å². The average Bonchev–Trinajstić information content (AvgIpc) is 2.41. The zero-order valence-corrected chi connectivity index (χ0v) is 13.0. The van der Waals surface area contributed by atoms with Gasteiger partial charge in [0.2, 0.25) is 0 Å². The SMILES string of the molecule is CCN(CCC(=O)O)C(=O)Nc1ccc(C)c(N(C)C)c1. The number of urea groups is 1. The first-order valence-corrected chi connectivity index (χ1v) is 6.90. The molecule has 0 saturated carbocycles. The maximum Gasteiger partial charge on any atom is 0.321 e. The quantitative estimate of drug-likeness (QED) is 0.844. The van der Waals surface area contributed by atoms with Gasteiger partial charge in [-0.2, -0.15) is 0 Å². The lowest BCUT2D eigenvalue weighted by atomic mass is 10.1. The molecule has 6 nitrogen and oxygen atoms in total. The zero-order chi connectivity index (χ0) is 16.0. The first-order chi connectivity index (χ1) is 9.85. The van der Waals surface area contributed by atoms with Crippen LogP contribution >= 0.6 is 0 Å². The fourth-order valence-electron chi connectivity index (χ4n) is 2.01. The van der Waals surface area contributed by atoms with Crippen molar-refractivity contribution >= 4 is 23.4 Å². The summed E-state index contributed by atoms with van der Waals surface area (Å²) in [5.41, 5.74) is 2.85. The van der Waals surface area contributed by atoms with Crippen LogP contribution in [-0.2, 0) is 4.79 Å². The van der Waals surface area contributed by atoms with Crippen LogP contribution < -0.4 is 10.2 Å². The van der Waals surface area contributed by atoms with Crippen molar-refractivity contribution in [3.8, 4) is 0 Å². The van der Waals surface area contributed by atoms with Crippen molar-refractivity contribution in [2.75, 3.05) is 37.4 Å². The summed E-state index contributed by atoms with van der Waals surface area (Å²) >= 11 is 0. The molecule has 2 N–H and O–H groups in total. The number of nitrogens with zero attached hydrogens (tertiary/aromatic N) is 2. The van der Waals surface area contributed by atoms with E-state index in [0.29, 0.717) is 12.2 Å². The molecule has 0 radical (unpaired) electrons. The molecule has 0 aromatic heterocycles. The molecule has 1 aromatic rings. The summed E-state index contributed by atoms with van der Waals surface area (Å²) in [4.78, 5) is 26.2. The molecule has 1 rings (SSSR count). The van der Waals surface area contributed by atoms with E-state index in [2.05, 4.69) is 5.32 Å². The molecule has 0 aliphatic heterocycles. The fraction of sp³-hybridized carbons (Fsp3) is 0.467. The van der Waals surface area contributed by atoms with Crippen molar-refractivity contribution in [1.29, 1.82) is 0 Å². The van der Waals surface area contributed by atoms with Crippen molar-refractivity contribution in [3.05, 3.63) is 23.8 Å². The molecule has 0 atom stereocenters. The van der Waals surface area contributed by atoms with Gasteiger partial charge in [-0.1, -0.05) is 6.07 Å². The van der Waals surface area contributed by atoms with E-state index in [0.717, 1.165) is 11.3 Å². The maximum absolute atomic E-state index is 12.1. The Balaban J connectivity index is 2.77. The van der Waals surface area contributed by atoms with Crippen LogP contribution in [0.1, 0.15) is 18.9 Å². The molecular weight excluding hydrogens is 270 g/mol. The molecule has 116 valence electrons. The number of nitrogens with one attached hydrogen (secondary N) is 1. The summed E-state index contributed by atoms with van der Waals surface area (Å²) in [6.07, 6.45) is -0.0574. The highest BCUT2D eigenvalue weighted by molar-refractivity contribution is 5.90. The maximum atomic E-state index is 12.1. The zero-order valence-electron chi connectivity index (χ0n) is 13.0. The molecule has 0 bridgehead atoms. The van der Waals surface area contributed by atoms with Crippen LogP contribution in [0.25, 0.3) is 0 Å². The largest absolute Gasteiger partial charge is 0.481 e. The Labute approximate surface area is 125 Å². The number of carbonyl (C=O) groups excluding carboxylic acids is 1. The molecule has 0 fully saturated rings. The van der Waals surface area contributed by atoms with E-state index in [4.69, 9.17) is 5.11 Å². The van der Waals surface area contributed by atoms with Gasteiger partial charge < -0.3 is 20.2 Å². The average molecular weight is 293 g/mol. The first kappa shape index (κ1) is 16.8. The van der Waals surface area contributed by atoms with Gasteiger partial charge in [-0.15, -0.1) is 0 Å². The monoisotopic (exact) mass is 293 g/mol. The number of carbonyl (C=O) groups is 2. The van der Waals surface area contributed by atoms with E-state index in [-0.39, 0.29) is 19.0 Å². The highest BCUT2D eigenvalue weighted by Crippen LogP contribution is 2.22. The summed E-state index contributed by atoms with van der Waals surface area (Å²) in [5.74, 6) is -0.911. The Morgan fingerprint density at radius 3 is 2.48 bits per heavy atom. The number of rotatable bonds is 6. The smallest absolute Gasteiger partial charge is 0.321 e. The Morgan fingerprint density at radius 2 is 1.95 bits per heavy atom. The molecule has 1 aromatic carbocycles. The minimum Gasteiger partial charge on any atom is -0.481 e. The Kier molecular flexibility index (Phi) is 6.02. The van der Waals surface area contributed by atoms with Crippen molar-refractivity contribution in [3.63, 3.8) is 0 Å². The van der Waals surface area contributed by atoms with Crippen LogP contribution in [0.4, 0.5) is 16.2 Å². The normalized spacial score (nSPS) is 10.1. The van der Waals surface area contributed by atoms with Gasteiger partial charge in [0.05, 0.1) is 6.42 Å². The molecule has 21 heavy (non-hydrogen) atoms. The molecule has 0 saturated heterocycles. The van der Waals surface area contributed by atoms with Crippen LogP contribution in [0.3, 0.4) is 0 Å². The second-order valence-corrected chi connectivity index (χ2v) is 5.05. The van der Waals surface area contributed by atoms with Crippen molar-refractivity contribution in [1.82, 2.24) is 4.90 Å². The standard InChI is InChI=1S/C15H23N3O3/c1-5-18(9-8-14(19)20)15(21)16-12-7-6-11(2)13(10-12)17(3)4/h6-7,10H,5,8-9H2,1-4H3,(H,16,21)(H,19,20). The van der Waals surface area contributed by atoms with Gasteiger partial charge in [0.15, 0.2) is 0 Å². The van der Waals surface area contributed by atoms with E-state index in [1.807, 2.05) is 51.0 Å². The number of benzene rings is 1. The summed E-state index contributed by atoms with van der Waals surface area (Å²) < 4.78 is 0. The van der Waals surface area contributed by atoms with Crippen LogP contribution in [0.5, 0.6) is 0 Å². The highest BCUT2D eigenvalue weighted by atomic mass is 16.4. The number of carboxylic acid groups (broad SMARTS) is 1. The number of aryl methyl sites for hydroxylation is 1. The van der Waals surface area contributed by atoms with Gasteiger partial charge in [0, 0.05) is 38.6 Å². The van der Waals surface area contributed by atoms with Crippen molar-refractivity contribution in [2.24, 2.45) is 0 Å². The van der Waals surface area contributed by atoms with E-state index >= 15 is 0 Å². The molecule has 0 aliphatic rings. The summed E-state index contributed by atoms with van der Waals surface area (Å²) in [5, 5.41) is 11.5. The Morgan fingerprint density at radius 1 is 1.29 bits per heavy atom. The Hall–Kier alpha value is -2.24. The third-order valence-corrected chi connectivity index (χ3v) is 3.21. The molecule has 0 spiro atoms. The van der Waals surface area contributed by atoms with Gasteiger partial charge in [-0.25, -0.2) is 4.79 Å². The highest BCUT2D eigenvalue weighted by Gasteiger charge is 2.13. The van der Waals surface area contributed by atoms with Crippen molar-refractivity contribution < 1.29 is 14.7 Å². The van der Waals surface area contributed by atoms with Crippen LogP contribution in [-0.4, -0.2) is 49.2 Å². The molecule has 0 heterocycles. The minimum atomic E-state index is -0.911. The topological polar surface area (TPSA) is 72.9 Å². The van der Waals surface area contributed by atoms with Gasteiger partial charge in [-0.3, -0.25) is 4.79 Å². The molecule has 2 amide bonds. The number of carboxylic acids is 1. The lowest BCUT2D eigenvalue weighted by molar-refractivity contribution is -0.137. The van der Waals surface area contributed by atoms with Gasteiger partial charge in [-0.05, 0) is 31.5 Å². The summed E-state index contributed by atoms with van der Waals surface area (Å²) in [6, 6.07) is 5.40. The number of amides is 2. The minimum absolute atomic E-state index is 0.0574. The van der Waals surface area contributed by atoms with Gasteiger partial charge >= 0.3 is 12.0 Å². The van der Waals surface area contributed by atoms with Crippen LogP contribution in [0.15, 0.2) is 18.2 Å². The first-order valence-electron chi connectivity index (χ1n) is 6.90. The number of aliphatic carboxylic acids is 1. The summed E-state index contributed by atoms with van der Waals surface area (Å²) in [6.45, 7) is 4.49. The van der Waals surface area contributed by atoms with E-state index < -0.39 is 5.97 Å². The lowest BCUT2D eigenvalue weighted by Crippen LogP contribution is -2.36. The molecular formula is C15H23N3O3. The predicted molar refractivity (Wildman–Crippen MR) is 84.0 cm³/mol. The number of hydrogen-bond donors (Lipinski definition) is 2. The third kappa shape index (κ3) is 4.98. The molecule has 6 heteroatoms. The third-order valence-electron chi connectivity index (χ3n) is 3.21. The second-order valence-electron chi connectivity index (χ2n) is 5.05. The fourth-order valence-corrected chi connectivity index (χ4v) is 2.01. The van der Waals surface area contributed by atoms with Crippen molar-refractivity contribution in [2.45, 2.75) is 20.3 Å². The second kappa shape index (κ2) is 7.52. The predicted octanol–water partition coefficient (Wildman–Crippen LogP) is 2.39. The van der Waals surface area contributed by atoms with Crippen LogP contribution in [0.2, 0.25) is 0 Å². The Bertz CT molecular complexity index is 515.